The van der Waals surface area contributed by atoms with E-state index in [1.165, 1.54) is 6.92 Å². The highest BCUT2D eigenvalue weighted by molar-refractivity contribution is 6.09. The molecule has 1 fully saturated rings. The van der Waals surface area contributed by atoms with Crippen molar-refractivity contribution in [3.8, 4) is 0 Å². The average Bonchev–Trinajstić information content (AvgIpc) is 2.92. The SMILES string of the molecule is C=CC(C)(C)c1[nH]c2ccccc2c1/C=C1/NC(=O)C(C)(O)NC1=O. The van der Waals surface area contributed by atoms with Gasteiger partial charge in [-0.25, -0.2) is 0 Å². The molecule has 2 amide bonds. The van der Waals surface area contributed by atoms with Gasteiger partial charge in [0, 0.05) is 27.6 Å². The highest BCUT2D eigenvalue weighted by Crippen LogP contribution is 2.34. The Morgan fingerprint density at radius 3 is 2.60 bits per heavy atom. The monoisotopic (exact) mass is 339 g/mol. The number of allylic oxidation sites excluding steroid dienone is 1. The summed E-state index contributed by atoms with van der Waals surface area (Å²) in [5.41, 5.74) is 0.406. The van der Waals surface area contributed by atoms with Gasteiger partial charge in [0.2, 0.25) is 5.72 Å². The predicted octanol–water partition coefficient (Wildman–Crippen LogP) is 1.93. The van der Waals surface area contributed by atoms with Crippen molar-refractivity contribution in [2.24, 2.45) is 0 Å². The summed E-state index contributed by atoms with van der Waals surface area (Å²) < 4.78 is 0. The lowest BCUT2D eigenvalue weighted by Crippen LogP contribution is -2.62. The Hall–Kier alpha value is -2.86. The van der Waals surface area contributed by atoms with Gasteiger partial charge < -0.3 is 20.7 Å². The quantitative estimate of drug-likeness (QED) is 0.508. The molecule has 0 radical (unpaired) electrons. The minimum atomic E-state index is -1.92. The number of aromatic nitrogens is 1. The number of hydrogen-bond donors (Lipinski definition) is 4. The van der Waals surface area contributed by atoms with Crippen molar-refractivity contribution in [3.63, 3.8) is 0 Å². The van der Waals surface area contributed by atoms with Gasteiger partial charge in [-0.3, -0.25) is 9.59 Å². The molecule has 25 heavy (non-hydrogen) atoms. The molecule has 1 atom stereocenters. The lowest BCUT2D eigenvalue weighted by Gasteiger charge is -2.29. The topological polar surface area (TPSA) is 94.2 Å². The molecule has 0 bridgehead atoms. The number of piperazine rings is 1. The Morgan fingerprint density at radius 1 is 1.24 bits per heavy atom. The van der Waals surface area contributed by atoms with Gasteiger partial charge in [0.05, 0.1) is 0 Å². The number of fused-ring (bicyclic) bond motifs is 1. The Morgan fingerprint density at radius 2 is 1.92 bits per heavy atom. The first-order chi connectivity index (χ1) is 11.7. The second kappa shape index (κ2) is 5.60. The number of H-pyrrole nitrogens is 1. The van der Waals surface area contributed by atoms with Crippen LogP contribution < -0.4 is 10.6 Å². The zero-order valence-corrected chi connectivity index (χ0v) is 14.4. The molecular formula is C19H21N3O3. The number of nitrogens with one attached hydrogen (secondary N) is 3. The lowest BCUT2D eigenvalue weighted by atomic mass is 9.86. The van der Waals surface area contributed by atoms with E-state index in [1.807, 2.05) is 44.2 Å². The highest BCUT2D eigenvalue weighted by atomic mass is 16.3. The Labute approximate surface area is 145 Å². The predicted molar refractivity (Wildman–Crippen MR) is 96.4 cm³/mol. The Balaban J connectivity index is 2.18. The molecule has 2 aromatic rings. The summed E-state index contributed by atoms with van der Waals surface area (Å²) in [6.45, 7) is 9.14. The van der Waals surface area contributed by atoms with Gasteiger partial charge in [-0.05, 0) is 19.1 Å². The number of hydrogen-bond acceptors (Lipinski definition) is 3. The van der Waals surface area contributed by atoms with Crippen LogP contribution in [0.2, 0.25) is 0 Å². The number of carbonyl (C=O) groups is 2. The largest absolute Gasteiger partial charge is 0.363 e. The number of aromatic amines is 1. The minimum absolute atomic E-state index is 0.0855. The third kappa shape index (κ3) is 2.85. The van der Waals surface area contributed by atoms with Crippen LogP contribution in [0.4, 0.5) is 0 Å². The normalized spacial score (nSPS) is 22.8. The van der Waals surface area contributed by atoms with Gasteiger partial charge in [-0.15, -0.1) is 6.58 Å². The van der Waals surface area contributed by atoms with E-state index < -0.39 is 17.5 Å². The van der Waals surface area contributed by atoms with Crippen LogP contribution in [0, 0.1) is 0 Å². The third-order valence-electron chi connectivity index (χ3n) is 4.48. The van der Waals surface area contributed by atoms with Gasteiger partial charge in [0.1, 0.15) is 5.70 Å². The van der Waals surface area contributed by atoms with Crippen molar-refractivity contribution in [2.75, 3.05) is 0 Å². The first-order valence-corrected chi connectivity index (χ1v) is 7.98. The van der Waals surface area contributed by atoms with Crippen LogP contribution in [-0.4, -0.2) is 27.6 Å². The molecule has 1 aliphatic heterocycles. The van der Waals surface area contributed by atoms with Crippen LogP contribution in [0.25, 0.3) is 17.0 Å². The smallest absolute Gasteiger partial charge is 0.277 e. The van der Waals surface area contributed by atoms with E-state index in [0.717, 1.165) is 22.2 Å². The maximum atomic E-state index is 12.3. The molecule has 0 spiro atoms. The number of carbonyl (C=O) groups excluding carboxylic acids is 2. The van der Waals surface area contributed by atoms with Crippen molar-refractivity contribution in [2.45, 2.75) is 31.9 Å². The highest BCUT2D eigenvalue weighted by Gasteiger charge is 2.39. The molecule has 1 aromatic carbocycles. The maximum absolute atomic E-state index is 12.3. The van der Waals surface area contributed by atoms with Crippen LogP contribution in [0.3, 0.4) is 0 Å². The average molecular weight is 339 g/mol. The van der Waals surface area contributed by atoms with Gasteiger partial charge in [0.15, 0.2) is 0 Å². The first-order valence-electron chi connectivity index (χ1n) is 7.98. The fraction of sp³-hybridized carbons (Fsp3) is 0.263. The van der Waals surface area contributed by atoms with E-state index in [9.17, 15) is 14.7 Å². The van der Waals surface area contributed by atoms with Crippen LogP contribution in [0.15, 0.2) is 42.6 Å². The van der Waals surface area contributed by atoms with E-state index in [1.54, 1.807) is 6.08 Å². The van der Waals surface area contributed by atoms with E-state index in [2.05, 4.69) is 22.2 Å². The van der Waals surface area contributed by atoms with Crippen molar-refractivity contribution in [3.05, 3.63) is 53.9 Å². The summed E-state index contributed by atoms with van der Waals surface area (Å²) in [4.78, 5) is 27.6. The summed E-state index contributed by atoms with van der Waals surface area (Å²) >= 11 is 0. The fourth-order valence-electron chi connectivity index (χ4n) is 2.82. The molecule has 6 nitrogen and oxygen atoms in total. The zero-order valence-electron chi connectivity index (χ0n) is 14.4. The number of benzene rings is 1. The summed E-state index contributed by atoms with van der Waals surface area (Å²) in [5.74, 6) is -1.22. The maximum Gasteiger partial charge on any atom is 0.277 e. The summed E-state index contributed by atoms with van der Waals surface area (Å²) in [6, 6.07) is 7.73. The Kier molecular flexibility index (Phi) is 3.80. The van der Waals surface area contributed by atoms with Gasteiger partial charge in [-0.2, -0.15) is 0 Å². The molecule has 6 heteroatoms. The van der Waals surface area contributed by atoms with Crippen LogP contribution in [0.5, 0.6) is 0 Å². The molecule has 130 valence electrons. The number of aliphatic hydroxyl groups is 1. The third-order valence-corrected chi connectivity index (χ3v) is 4.48. The fourth-order valence-corrected chi connectivity index (χ4v) is 2.82. The molecule has 3 rings (SSSR count). The summed E-state index contributed by atoms with van der Waals surface area (Å²) in [7, 11) is 0. The number of para-hydroxylation sites is 1. The van der Waals surface area contributed by atoms with Gasteiger partial charge in [0.25, 0.3) is 11.8 Å². The minimum Gasteiger partial charge on any atom is -0.363 e. The molecule has 0 aliphatic carbocycles. The summed E-state index contributed by atoms with van der Waals surface area (Å²) in [6.07, 6.45) is 3.45. The molecule has 1 saturated heterocycles. The van der Waals surface area contributed by atoms with Gasteiger partial charge in [-0.1, -0.05) is 38.1 Å². The lowest BCUT2D eigenvalue weighted by molar-refractivity contribution is -0.149. The molecule has 2 heterocycles. The summed E-state index contributed by atoms with van der Waals surface area (Å²) in [5, 5.41) is 15.6. The molecule has 0 saturated carbocycles. The van der Waals surface area contributed by atoms with E-state index in [4.69, 9.17) is 0 Å². The van der Waals surface area contributed by atoms with Crippen molar-refractivity contribution in [1.29, 1.82) is 0 Å². The standard InChI is InChI=1S/C19H21N3O3/c1-5-18(2,3)15-12(11-8-6-7-9-13(11)20-15)10-14-16(23)22-19(4,25)17(24)21-14/h5-10,20,25H,1H2,2-4H3,(H,21,24)(H,22,23)/b14-10+. The van der Waals surface area contributed by atoms with E-state index in [0.29, 0.717) is 0 Å². The molecule has 1 aliphatic rings. The second-order valence-corrected chi connectivity index (χ2v) is 6.92. The zero-order chi connectivity index (χ0) is 18.4. The van der Waals surface area contributed by atoms with E-state index in [-0.39, 0.29) is 11.1 Å². The second-order valence-electron chi connectivity index (χ2n) is 6.92. The van der Waals surface area contributed by atoms with Crippen molar-refractivity contribution in [1.82, 2.24) is 15.6 Å². The van der Waals surface area contributed by atoms with Crippen LogP contribution in [-0.2, 0) is 15.0 Å². The van der Waals surface area contributed by atoms with Gasteiger partial charge >= 0.3 is 0 Å². The number of rotatable bonds is 3. The molecule has 1 aromatic heterocycles. The Bertz CT molecular complexity index is 919. The molecular weight excluding hydrogens is 318 g/mol. The van der Waals surface area contributed by atoms with Crippen LogP contribution in [0.1, 0.15) is 32.0 Å². The first kappa shape index (κ1) is 17.0. The molecule has 1 unspecified atom stereocenters. The van der Waals surface area contributed by atoms with Crippen molar-refractivity contribution < 1.29 is 14.7 Å². The molecule has 4 N–H and O–H groups in total. The number of amides is 2. The van der Waals surface area contributed by atoms with Crippen LogP contribution >= 0.6 is 0 Å². The van der Waals surface area contributed by atoms with Crippen molar-refractivity contribution >= 4 is 28.8 Å². The van der Waals surface area contributed by atoms with E-state index >= 15 is 0 Å².